The number of hydrogen-bond donors (Lipinski definition) is 0. The van der Waals surface area contributed by atoms with Crippen LogP contribution in [-0.4, -0.2) is 42.8 Å². The standard InChI is InChI=1S/C24H21F4N5O/c1-13-3-5-17(20(21(13)25)22-29-7-2-8-30-22)23(34)33-16-4-6-18(33)14(10-16)9-15-11-32-19(12-31-15)24(26,27)28/h2-3,5,7-8,11-12,14,16,18H,4,6,9-10H2,1H3. The van der Waals surface area contributed by atoms with E-state index in [1.54, 1.807) is 30.0 Å². The fraction of sp³-hybridized carbons (Fsp3) is 0.375. The summed E-state index contributed by atoms with van der Waals surface area (Å²) in [6.45, 7) is 1.62. The molecule has 2 bridgehead atoms. The predicted molar refractivity (Wildman–Crippen MR) is 114 cm³/mol. The smallest absolute Gasteiger partial charge is 0.332 e. The first-order valence-electron chi connectivity index (χ1n) is 11.0. The van der Waals surface area contributed by atoms with Crippen molar-refractivity contribution in [2.75, 3.05) is 0 Å². The lowest BCUT2D eigenvalue weighted by atomic mass is 9.86. The van der Waals surface area contributed by atoms with Crippen LogP contribution in [0.2, 0.25) is 0 Å². The van der Waals surface area contributed by atoms with Gasteiger partial charge in [0.05, 0.1) is 23.0 Å². The van der Waals surface area contributed by atoms with Crippen LogP contribution in [0.15, 0.2) is 43.0 Å². The van der Waals surface area contributed by atoms with Gasteiger partial charge in [0.15, 0.2) is 11.5 Å². The zero-order valence-electron chi connectivity index (χ0n) is 18.3. The first-order chi connectivity index (χ1) is 16.2. The minimum Gasteiger partial charge on any atom is -0.332 e. The van der Waals surface area contributed by atoms with Crippen molar-refractivity contribution in [3.63, 3.8) is 0 Å². The van der Waals surface area contributed by atoms with E-state index in [-0.39, 0.29) is 40.9 Å². The van der Waals surface area contributed by atoms with Gasteiger partial charge in [0, 0.05) is 30.7 Å². The van der Waals surface area contributed by atoms with Crippen molar-refractivity contribution >= 4 is 5.91 Å². The molecule has 0 radical (unpaired) electrons. The summed E-state index contributed by atoms with van der Waals surface area (Å²) in [6.07, 6.45) is 3.10. The first kappa shape index (κ1) is 22.4. The van der Waals surface area contributed by atoms with Gasteiger partial charge in [-0.05, 0) is 56.2 Å². The third kappa shape index (κ3) is 3.91. The maximum Gasteiger partial charge on any atom is 0.434 e. The molecule has 1 aromatic carbocycles. The molecule has 0 saturated carbocycles. The molecule has 2 aliphatic heterocycles. The van der Waals surface area contributed by atoms with Crippen LogP contribution in [0.4, 0.5) is 17.6 Å². The zero-order chi connectivity index (χ0) is 24.0. The van der Waals surface area contributed by atoms with Crippen molar-refractivity contribution in [1.29, 1.82) is 0 Å². The molecule has 2 aromatic heterocycles. The number of aryl methyl sites for hydroxylation is 1. The Labute approximate surface area is 193 Å². The maximum atomic E-state index is 15.1. The Balaban J connectivity index is 1.41. The van der Waals surface area contributed by atoms with Crippen molar-refractivity contribution in [2.45, 2.75) is 50.9 Å². The zero-order valence-corrected chi connectivity index (χ0v) is 18.3. The van der Waals surface area contributed by atoms with Gasteiger partial charge in [-0.15, -0.1) is 0 Å². The molecule has 10 heteroatoms. The Bertz CT molecular complexity index is 1220. The minimum absolute atomic E-state index is 0.0150. The number of carbonyl (C=O) groups is 1. The number of benzene rings is 1. The molecule has 4 heterocycles. The van der Waals surface area contributed by atoms with Gasteiger partial charge in [-0.2, -0.15) is 13.2 Å². The predicted octanol–water partition coefficient (Wildman–Crippen LogP) is 4.64. The van der Waals surface area contributed by atoms with Crippen LogP contribution in [-0.2, 0) is 12.6 Å². The quantitative estimate of drug-likeness (QED) is 0.519. The number of aromatic nitrogens is 4. The molecule has 0 N–H and O–H groups in total. The van der Waals surface area contributed by atoms with Gasteiger partial charge in [-0.25, -0.2) is 19.3 Å². The molecular weight excluding hydrogens is 450 g/mol. The topological polar surface area (TPSA) is 71.9 Å². The summed E-state index contributed by atoms with van der Waals surface area (Å²) in [5.41, 5.74) is 0.112. The number of rotatable bonds is 4. The van der Waals surface area contributed by atoms with Crippen LogP contribution < -0.4 is 0 Å². The van der Waals surface area contributed by atoms with E-state index in [4.69, 9.17) is 0 Å². The average Bonchev–Trinajstić information content (AvgIpc) is 3.38. The highest BCUT2D eigenvalue weighted by molar-refractivity contribution is 6.01. The average molecular weight is 471 g/mol. The lowest BCUT2D eigenvalue weighted by molar-refractivity contribution is -0.141. The van der Waals surface area contributed by atoms with E-state index in [9.17, 15) is 18.0 Å². The monoisotopic (exact) mass is 471 g/mol. The molecule has 6 nitrogen and oxygen atoms in total. The highest BCUT2D eigenvalue weighted by atomic mass is 19.4. The SMILES string of the molecule is Cc1ccc(C(=O)N2C3CCC2C(Cc2cnc(C(F)(F)F)cn2)C3)c(-c2ncccn2)c1F. The summed E-state index contributed by atoms with van der Waals surface area (Å²) in [5.74, 6) is -0.620. The van der Waals surface area contributed by atoms with E-state index in [2.05, 4.69) is 19.9 Å². The number of carbonyl (C=O) groups excluding carboxylic acids is 1. The number of nitrogens with zero attached hydrogens (tertiary/aromatic N) is 5. The van der Waals surface area contributed by atoms with Gasteiger partial charge >= 0.3 is 6.18 Å². The van der Waals surface area contributed by atoms with Crippen molar-refractivity contribution < 1.29 is 22.4 Å². The Morgan fingerprint density at radius 1 is 1.09 bits per heavy atom. The molecule has 2 aliphatic rings. The van der Waals surface area contributed by atoms with Crippen LogP contribution >= 0.6 is 0 Å². The Morgan fingerprint density at radius 3 is 2.53 bits per heavy atom. The molecule has 2 saturated heterocycles. The Kier molecular flexibility index (Phi) is 5.53. The lowest BCUT2D eigenvalue weighted by Gasteiger charge is -2.25. The number of hydrogen-bond acceptors (Lipinski definition) is 5. The third-order valence-electron chi connectivity index (χ3n) is 6.72. The van der Waals surface area contributed by atoms with Gasteiger partial charge < -0.3 is 4.90 Å². The van der Waals surface area contributed by atoms with Gasteiger partial charge in [0.25, 0.3) is 5.91 Å². The fourth-order valence-corrected chi connectivity index (χ4v) is 5.17. The number of alkyl halides is 3. The van der Waals surface area contributed by atoms with Crippen LogP contribution in [0.3, 0.4) is 0 Å². The molecule has 2 fully saturated rings. The van der Waals surface area contributed by atoms with E-state index < -0.39 is 17.7 Å². The molecule has 0 aliphatic carbocycles. The summed E-state index contributed by atoms with van der Waals surface area (Å²) < 4.78 is 53.5. The van der Waals surface area contributed by atoms with Crippen LogP contribution in [0.25, 0.3) is 11.4 Å². The molecule has 5 rings (SSSR count). The number of fused-ring (bicyclic) bond motifs is 2. The van der Waals surface area contributed by atoms with Crippen molar-refractivity contribution in [2.24, 2.45) is 5.92 Å². The van der Waals surface area contributed by atoms with Gasteiger partial charge in [-0.3, -0.25) is 9.78 Å². The van der Waals surface area contributed by atoms with E-state index in [0.29, 0.717) is 24.1 Å². The molecule has 3 aromatic rings. The first-order valence-corrected chi connectivity index (χ1v) is 11.0. The van der Waals surface area contributed by atoms with Crippen molar-refractivity contribution in [3.05, 3.63) is 71.3 Å². The highest BCUT2D eigenvalue weighted by Crippen LogP contribution is 2.44. The van der Waals surface area contributed by atoms with E-state index in [1.165, 1.54) is 12.4 Å². The molecule has 3 unspecified atom stereocenters. The largest absolute Gasteiger partial charge is 0.434 e. The normalized spacial score (nSPS) is 21.8. The molecule has 176 valence electrons. The van der Waals surface area contributed by atoms with E-state index in [1.807, 2.05) is 0 Å². The fourth-order valence-electron chi connectivity index (χ4n) is 5.17. The van der Waals surface area contributed by atoms with Crippen LogP contribution in [0, 0.1) is 18.7 Å². The second-order valence-corrected chi connectivity index (χ2v) is 8.79. The van der Waals surface area contributed by atoms with Gasteiger partial charge in [0.1, 0.15) is 5.82 Å². The number of amides is 1. The summed E-state index contributed by atoms with van der Waals surface area (Å²) in [4.78, 5) is 31.2. The maximum absolute atomic E-state index is 15.1. The molecule has 1 amide bonds. The molecule has 3 atom stereocenters. The third-order valence-corrected chi connectivity index (χ3v) is 6.72. The van der Waals surface area contributed by atoms with Crippen molar-refractivity contribution in [1.82, 2.24) is 24.8 Å². The Morgan fingerprint density at radius 2 is 1.85 bits per heavy atom. The summed E-state index contributed by atoms with van der Waals surface area (Å²) in [5, 5.41) is 0. The van der Waals surface area contributed by atoms with E-state index >= 15 is 4.39 Å². The lowest BCUT2D eigenvalue weighted by Crippen LogP contribution is -2.37. The van der Waals surface area contributed by atoms with Crippen molar-refractivity contribution in [3.8, 4) is 11.4 Å². The molecule has 0 spiro atoms. The second-order valence-electron chi connectivity index (χ2n) is 8.79. The minimum atomic E-state index is -4.54. The highest BCUT2D eigenvalue weighted by Gasteiger charge is 2.49. The summed E-state index contributed by atoms with van der Waals surface area (Å²) in [6, 6.07) is 4.69. The number of halogens is 4. The summed E-state index contributed by atoms with van der Waals surface area (Å²) in [7, 11) is 0. The second kappa shape index (κ2) is 8.41. The van der Waals surface area contributed by atoms with Crippen LogP contribution in [0.5, 0.6) is 0 Å². The molecular formula is C24H21F4N5O. The van der Waals surface area contributed by atoms with Gasteiger partial charge in [-0.1, -0.05) is 6.07 Å². The van der Waals surface area contributed by atoms with Gasteiger partial charge in [0.2, 0.25) is 0 Å². The van der Waals surface area contributed by atoms with E-state index in [0.717, 1.165) is 25.2 Å². The summed E-state index contributed by atoms with van der Waals surface area (Å²) >= 11 is 0. The van der Waals surface area contributed by atoms with Crippen LogP contribution in [0.1, 0.15) is 46.6 Å². The molecule has 34 heavy (non-hydrogen) atoms. The Hall–Kier alpha value is -3.43.